The fraction of sp³-hybridized carbons (Fsp3) is 0.150. The molecule has 0 aliphatic carbocycles. The van der Waals surface area contributed by atoms with E-state index >= 15 is 0 Å². The maximum absolute atomic E-state index is 12.7. The Labute approximate surface area is 159 Å². The zero-order valence-corrected chi connectivity index (χ0v) is 15.4. The SMILES string of the molecule is O=C(Nc1cnc2ccccc2c1)C1CCN(c2cccc(Br)c2)C1=O. The Morgan fingerprint density at radius 2 is 2.00 bits per heavy atom. The van der Waals surface area contributed by atoms with Gasteiger partial charge in [-0.2, -0.15) is 0 Å². The lowest BCUT2D eigenvalue weighted by molar-refractivity contribution is -0.129. The Morgan fingerprint density at radius 1 is 1.15 bits per heavy atom. The molecule has 3 aromatic rings. The molecule has 1 aromatic heterocycles. The van der Waals surface area contributed by atoms with E-state index in [9.17, 15) is 9.59 Å². The summed E-state index contributed by atoms with van der Waals surface area (Å²) < 4.78 is 0.901. The summed E-state index contributed by atoms with van der Waals surface area (Å²) in [5.74, 6) is -1.14. The number of halogens is 1. The lowest BCUT2D eigenvalue weighted by Crippen LogP contribution is -2.33. The minimum absolute atomic E-state index is 0.172. The standard InChI is InChI=1S/C20H16BrN3O2/c21-14-5-3-6-16(11-14)24-9-8-17(20(24)26)19(25)23-15-10-13-4-1-2-7-18(13)22-12-15/h1-7,10-12,17H,8-9H2,(H,23,25). The van der Waals surface area contributed by atoms with Crippen LogP contribution < -0.4 is 10.2 Å². The van der Waals surface area contributed by atoms with Crippen molar-refractivity contribution in [2.75, 3.05) is 16.8 Å². The molecule has 2 amide bonds. The quantitative estimate of drug-likeness (QED) is 0.665. The van der Waals surface area contributed by atoms with E-state index in [4.69, 9.17) is 0 Å². The second-order valence-corrected chi connectivity index (χ2v) is 7.13. The number of benzene rings is 2. The zero-order chi connectivity index (χ0) is 18.1. The predicted molar refractivity (Wildman–Crippen MR) is 105 cm³/mol. The van der Waals surface area contributed by atoms with Crippen molar-refractivity contribution >= 4 is 50.0 Å². The topological polar surface area (TPSA) is 62.3 Å². The molecule has 2 aromatic carbocycles. The highest BCUT2D eigenvalue weighted by molar-refractivity contribution is 9.10. The van der Waals surface area contributed by atoms with Crippen molar-refractivity contribution in [3.8, 4) is 0 Å². The number of hydrogen-bond acceptors (Lipinski definition) is 3. The summed E-state index contributed by atoms with van der Waals surface area (Å²) >= 11 is 3.41. The van der Waals surface area contributed by atoms with Gasteiger partial charge >= 0.3 is 0 Å². The number of nitrogens with one attached hydrogen (secondary N) is 1. The fourth-order valence-electron chi connectivity index (χ4n) is 3.19. The van der Waals surface area contributed by atoms with Crippen LogP contribution in [0.2, 0.25) is 0 Å². The average Bonchev–Trinajstić information content (AvgIpc) is 3.03. The lowest BCUT2D eigenvalue weighted by Gasteiger charge is -2.17. The van der Waals surface area contributed by atoms with E-state index in [-0.39, 0.29) is 11.8 Å². The highest BCUT2D eigenvalue weighted by atomic mass is 79.9. The molecule has 1 unspecified atom stereocenters. The van der Waals surface area contributed by atoms with Crippen LogP contribution in [0.4, 0.5) is 11.4 Å². The molecule has 0 bridgehead atoms. The van der Waals surface area contributed by atoms with E-state index in [1.54, 1.807) is 11.1 Å². The van der Waals surface area contributed by atoms with Gasteiger partial charge in [0.15, 0.2) is 0 Å². The molecule has 1 aliphatic rings. The Morgan fingerprint density at radius 3 is 2.85 bits per heavy atom. The van der Waals surface area contributed by atoms with Crippen molar-refractivity contribution in [3.05, 3.63) is 65.3 Å². The van der Waals surface area contributed by atoms with Gasteiger partial charge in [0.2, 0.25) is 11.8 Å². The summed E-state index contributed by atoms with van der Waals surface area (Å²) in [6.45, 7) is 0.531. The number of carbonyl (C=O) groups excluding carboxylic acids is 2. The van der Waals surface area contributed by atoms with Crippen LogP contribution in [-0.2, 0) is 9.59 Å². The number of rotatable bonds is 3. The van der Waals surface area contributed by atoms with Crippen LogP contribution in [0.1, 0.15) is 6.42 Å². The minimum atomic E-state index is -0.680. The molecular formula is C20H16BrN3O2. The van der Waals surface area contributed by atoms with Crippen LogP contribution in [0.15, 0.2) is 65.3 Å². The molecule has 26 heavy (non-hydrogen) atoms. The molecule has 1 atom stereocenters. The molecule has 1 saturated heterocycles. The first-order valence-corrected chi connectivity index (χ1v) is 9.14. The number of amides is 2. The van der Waals surface area contributed by atoms with Gasteiger partial charge in [-0.05, 0) is 36.8 Å². The molecule has 0 radical (unpaired) electrons. The summed E-state index contributed by atoms with van der Waals surface area (Å²) in [4.78, 5) is 31.3. The van der Waals surface area contributed by atoms with Crippen molar-refractivity contribution < 1.29 is 9.59 Å². The first-order chi connectivity index (χ1) is 12.6. The summed E-state index contributed by atoms with van der Waals surface area (Å²) in [5.41, 5.74) is 2.26. The van der Waals surface area contributed by atoms with Gasteiger partial charge in [-0.1, -0.05) is 40.2 Å². The predicted octanol–water partition coefficient (Wildman–Crippen LogP) is 3.99. The van der Waals surface area contributed by atoms with E-state index in [2.05, 4.69) is 26.2 Å². The molecule has 0 saturated carbocycles. The van der Waals surface area contributed by atoms with Gasteiger partial charge in [0.25, 0.3) is 0 Å². The molecule has 130 valence electrons. The van der Waals surface area contributed by atoms with E-state index in [0.717, 1.165) is 21.1 Å². The van der Waals surface area contributed by atoms with Gasteiger partial charge in [-0.25, -0.2) is 0 Å². The van der Waals surface area contributed by atoms with Crippen molar-refractivity contribution in [1.82, 2.24) is 4.98 Å². The highest BCUT2D eigenvalue weighted by Crippen LogP contribution is 2.28. The smallest absolute Gasteiger partial charge is 0.239 e. The van der Waals surface area contributed by atoms with Crippen molar-refractivity contribution in [2.24, 2.45) is 5.92 Å². The van der Waals surface area contributed by atoms with E-state index in [1.807, 2.05) is 54.6 Å². The number of aromatic nitrogens is 1. The lowest BCUT2D eigenvalue weighted by atomic mass is 10.1. The third kappa shape index (κ3) is 3.20. The van der Waals surface area contributed by atoms with Crippen LogP contribution in [0.25, 0.3) is 10.9 Å². The van der Waals surface area contributed by atoms with Crippen molar-refractivity contribution in [3.63, 3.8) is 0 Å². The Hall–Kier alpha value is -2.73. The molecule has 5 nitrogen and oxygen atoms in total. The molecule has 1 fully saturated rings. The molecule has 6 heteroatoms. The summed E-state index contributed by atoms with van der Waals surface area (Å²) in [6, 6.07) is 17.1. The van der Waals surface area contributed by atoms with Crippen LogP contribution in [-0.4, -0.2) is 23.3 Å². The maximum atomic E-state index is 12.7. The summed E-state index contributed by atoms with van der Waals surface area (Å²) in [5, 5.41) is 3.77. The molecule has 1 N–H and O–H groups in total. The van der Waals surface area contributed by atoms with Crippen molar-refractivity contribution in [1.29, 1.82) is 0 Å². The average molecular weight is 410 g/mol. The number of nitrogens with zero attached hydrogens (tertiary/aromatic N) is 2. The summed E-state index contributed by atoms with van der Waals surface area (Å²) in [7, 11) is 0. The Kier molecular flexibility index (Phi) is 4.42. The van der Waals surface area contributed by atoms with Gasteiger partial charge in [-0.15, -0.1) is 0 Å². The van der Waals surface area contributed by atoms with Gasteiger partial charge in [-0.3, -0.25) is 14.6 Å². The monoisotopic (exact) mass is 409 g/mol. The van der Waals surface area contributed by atoms with Gasteiger partial charge in [0.05, 0.1) is 17.4 Å². The fourth-order valence-corrected chi connectivity index (χ4v) is 3.58. The molecule has 1 aliphatic heterocycles. The van der Waals surface area contributed by atoms with Crippen molar-refractivity contribution in [2.45, 2.75) is 6.42 Å². The van der Waals surface area contributed by atoms with E-state index in [0.29, 0.717) is 18.7 Å². The Balaban J connectivity index is 1.50. The van der Waals surface area contributed by atoms with E-state index < -0.39 is 5.92 Å². The van der Waals surface area contributed by atoms with Gasteiger partial charge in [0, 0.05) is 22.1 Å². The number of anilines is 2. The highest BCUT2D eigenvalue weighted by Gasteiger charge is 2.37. The Bertz CT molecular complexity index is 1010. The summed E-state index contributed by atoms with van der Waals surface area (Å²) in [6.07, 6.45) is 2.12. The zero-order valence-electron chi connectivity index (χ0n) is 13.9. The maximum Gasteiger partial charge on any atom is 0.239 e. The number of hydrogen-bond donors (Lipinski definition) is 1. The normalized spacial score (nSPS) is 16.9. The van der Waals surface area contributed by atoms with E-state index in [1.165, 1.54) is 0 Å². The van der Waals surface area contributed by atoms with Gasteiger partial charge in [0.1, 0.15) is 5.92 Å². The van der Waals surface area contributed by atoms with Crippen LogP contribution in [0, 0.1) is 5.92 Å². The number of carbonyl (C=O) groups is 2. The largest absolute Gasteiger partial charge is 0.324 e. The second-order valence-electron chi connectivity index (χ2n) is 6.22. The first-order valence-electron chi connectivity index (χ1n) is 8.34. The van der Waals surface area contributed by atoms with Crippen LogP contribution in [0.5, 0.6) is 0 Å². The minimum Gasteiger partial charge on any atom is -0.324 e. The number of fused-ring (bicyclic) bond motifs is 1. The number of pyridine rings is 1. The van der Waals surface area contributed by atoms with Gasteiger partial charge < -0.3 is 10.2 Å². The molecule has 4 rings (SSSR count). The second kappa shape index (κ2) is 6.88. The number of para-hydroxylation sites is 1. The molecule has 2 heterocycles. The molecule has 0 spiro atoms. The third-order valence-electron chi connectivity index (χ3n) is 4.50. The van der Waals surface area contributed by atoms with Crippen LogP contribution >= 0.6 is 15.9 Å². The van der Waals surface area contributed by atoms with Crippen LogP contribution in [0.3, 0.4) is 0 Å². The third-order valence-corrected chi connectivity index (χ3v) is 4.99. The molecular weight excluding hydrogens is 394 g/mol. The first kappa shape index (κ1) is 16.7.